The molecule has 2 fully saturated rings. The fourth-order valence-electron chi connectivity index (χ4n) is 2.70. The van der Waals surface area contributed by atoms with Gasteiger partial charge in [-0.15, -0.1) is 0 Å². The molecule has 0 saturated heterocycles. The first-order valence-electron chi connectivity index (χ1n) is 4.22. The lowest BCUT2D eigenvalue weighted by Crippen LogP contribution is -2.18. The number of rotatable bonds is 2. The Bertz CT molecular complexity index is 126. The van der Waals surface area contributed by atoms with E-state index < -0.39 is 0 Å². The highest BCUT2D eigenvalue weighted by Gasteiger charge is 2.39. The SMILES string of the molecule is NOCC1CC2CCC1C2. The Morgan fingerprint density at radius 2 is 2.20 bits per heavy atom. The molecule has 2 heteroatoms. The van der Waals surface area contributed by atoms with Crippen molar-refractivity contribution in [2.45, 2.75) is 25.7 Å². The van der Waals surface area contributed by atoms with E-state index in [4.69, 9.17) is 5.90 Å². The highest BCUT2D eigenvalue weighted by atomic mass is 16.6. The highest BCUT2D eigenvalue weighted by Crippen LogP contribution is 2.48. The predicted molar refractivity (Wildman–Crippen MR) is 39.1 cm³/mol. The summed E-state index contributed by atoms with van der Waals surface area (Å²) in [6.07, 6.45) is 5.72. The maximum absolute atomic E-state index is 5.04. The lowest BCUT2D eigenvalue weighted by Gasteiger charge is -2.19. The van der Waals surface area contributed by atoms with Gasteiger partial charge in [0.25, 0.3) is 0 Å². The van der Waals surface area contributed by atoms with Gasteiger partial charge in [-0.2, -0.15) is 0 Å². The summed E-state index contributed by atoms with van der Waals surface area (Å²) in [7, 11) is 0. The molecular formula is C8H15NO. The van der Waals surface area contributed by atoms with Crippen LogP contribution in [0.3, 0.4) is 0 Å². The van der Waals surface area contributed by atoms with Gasteiger partial charge >= 0.3 is 0 Å². The molecule has 2 aliphatic carbocycles. The standard InChI is InChI=1S/C8H15NO/c9-10-5-8-4-6-1-2-7(8)3-6/h6-8H,1-5,9H2. The molecule has 3 unspecified atom stereocenters. The number of hydrogen-bond donors (Lipinski definition) is 1. The monoisotopic (exact) mass is 141 g/mol. The predicted octanol–water partition coefficient (Wildman–Crippen LogP) is 1.31. The Balaban J connectivity index is 1.90. The van der Waals surface area contributed by atoms with E-state index in [0.717, 1.165) is 24.4 Å². The summed E-state index contributed by atoms with van der Waals surface area (Å²) in [5, 5.41) is 0. The van der Waals surface area contributed by atoms with Gasteiger partial charge in [0.05, 0.1) is 6.61 Å². The van der Waals surface area contributed by atoms with Crippen LogP contribution in [0.4, 0.5) is 0 Å². The maximum Gasteiger partial charge on any atom is 0.0710 e. The summed E-state index contributed by atoms with van der Waals surface area (Å²) in [4.78, 5) is 4.68. The number of fused-ring (bicyclic) bond motifs is 2. The van der Waals surface area contributed by atoms with Crippen molar-refractivity contribution in [2.75, 3.05) is 6.61 Å². The molecule has 3 atom stereocenters. The Hall–Kier alpha value is -0.0800. The quantitative estimate of drug-likeness (QED) is 0.588. The third-order valence-corrected chi connectivity index (χ3v) is 3.19. The van der Waals surface area contributed by atoms with Gasteiger partial charge in [0, 0.05) is 0 Å². The molecule has 2 nitrogen and oxygen atoms in total. The van der Waals surface area contributed by atoms with Gasteiger partial charge in [-0.05, 0) is 37.0 Å². The van der Waals surface area contributed by atoms with Gasteiger partial charge in [0.1, 0.15) is 0 Å². The molecule has 0 aliphatic heterocycles. The molecule has 2 aliphatic rings. The van der Waals surface area contributed by atoms with Crippen molar-refractivity contribution in [2.24, 2.45) is 23.7 Å². The van der Waals surface area contributed by atoms with E-state index in [-0.39, 0.29) is 0 Å². The summed E-state index contributed by atoms with van der Waals surface area (Å²) in [5.41, 5.74) is 0. The Kier molecular flexibility index (Phi) is 1.66. The van der Waals surface area contributed by atoms with Crippen LogP contribution in [0.5, 0.6) is 0 Å². The van der Waals surface area contributed by atoms with Crippen molar-refractivity contribution in [3.8, 4) is 0 Å². The van der Waals surface area contributed by atoms with E-state index in [1.165, 1.54) is 25.7 Å². The molecule has 10 heavy (non-hydrogen) atoms. The van der Waals surface area contributed by atoms with Gasteiger partial charge in [-0.1, -0.05) is 6.42 Å². The zero-order valence-electron chi connectivity index (χ0n) is 6.25. The molecule has 0 aromatic heterocycles. The average Bonchev–Trinajstić information content (AvgIpc) is 2.48. The van der Waals surface area contributed by atoms with Crippen molar-refractivity contribution >= 4 is 0 Å². The summed E-state index contributed by atoms with van der Waals surface area (Å²) < 4.78 is 0. The van der Waals surface area contributed by atoms with Crippen LogP contribution in [0.25, 0.3) is 0 Å². The summed E-state index contributed by atoms with van der Waals surface area (Å²) >= 11 is 0. The first kappa shape index (κ1) is 6.62. The Morgan fingerprint density at radius 1 is 1.30 bits per heavy atom. The number of nitrogens with two attached hydrogens (primary N) is 1. The van der Waals surface area contributed by atoms with E-state index in [0.29, 0.717) is 0 Å². The molecule has 2 N–H and O–H groups in total. The second-order valence-corrected chi connectivity index (χ2v) is 3.77. The first-order chi connectivity index (χ1) is 4.90. The van der Waals surface area contributed by atoms with Crippen molar-refractivity contribution in [1.82, 2.24) is 0 Å². The van der Waals surface area contributed by atoms with Crippen LogP contribution in [-0.2, 0) is 4.84 Å². The molecule has 2 saturated carbocycles. The maximum atomic E-state index is 5.04. The van der Waals surface area contributed by atoms with Crippen LogP contribution in [0.2, 0.25) is 0 Å². The minimum absolute atomic E-state index is 0.793. The lowest BCUT2D eigenvalue weighted by atomic mass is 9.90. The summed E-state index contributed by atoms with van der Waals surface area (Å²) in [5.74, 6) is 7.81. The van der Waals surface area contributed by atoms with Crippen LogP contribution < -0.4 is 5.90 Å². The van der Waals surface area contributed by atoms with Crippen LogP contribution in [-0.4, -0.2) is 6.61 Å². The molecule has 2 bridgehead atoms. The smallest absolute Gasteiger partial charge is 0.0710 e. The fourth-order valence-corrected chi connectivity index (χ4v) is 2.70. The van der Waals surface area contributed by atoms with E-state index in [1.807, 2.05) is 0 Å². The molecule has 0 amide bonds. The van der Waals surface area contributed by atoms with Crippen molar-refractivity contribution < 1.29 is 4.84 Å². The summed E-state index contributed by atoms with van der Waals surface area (Å²) in [6.45, 7) is 0.793. The van der Waals surface area contributed by atoms with Gasteiger partial charge in [-0.3, -0.25) is 0 Å². The third kappa shape index (κ3) is 0.956. The fraction of sp³-hybridized carbons (Fsp3) is 1.00. The van der Waals surface area contributed by atoms with Crippen molar-refractivity contribution in [1.29, 1.82) is 0 Å². The molecule has 0 aromatic rings. The van der Waals surface area contributed by atoms with Crippen molar-refractivity contribution in [3.05, 3.63) is 0 Å². The molecule has 2 rings (SSSR count). The minimum atomic E-state index is 0.793. The molecule has 0 heterocycles. The van der Waals surface area contributed by atoms with E-state index in [9.17, 15) is 0 Å². The second kappa shape index (κ2) is 2.51. The molecule has 58 valence electrons. The Labute approximate surface area is 61.7 Å². The zero-order valence-corrected chi connectivity index (χ0v) is 6.25. The second-order valence-electron chi connectivity index (χ2n) is 3.77. The third-order valence-electron chi connectivity index (χ3n) is 3.19. The molecule has 0 radical (unpaired) electrons. The van der Waals surface area contributed by atoms with E-state index in [1.54, 1.807) is 0 Å². The highest BCUT2D eigenvalue weighted by molar-refractivity contribution is 4.89. The normalized spacial score (nSPS) is 44.7. The van der Waals surface area contributed by atoms with Crippen LogP contribution in [0.1, 0.15) is 25.7 Å². The Morgan fingerprint density at radius 3 is 2.70 bits per heavy atom. The topological polar surface area (TPSA) is 35.2 Å². The average molecular weight is 141 g/mol. The lowest BCUT2D eigenvalue weighted by molar-refractivity contribution is 0.0796. The first-order valence-corrected chi connectivity index (χ1v) is 4.22. The molecular weight excluding hydrogens is 126 g/mol. The van der Waals surface area contributed by atoms with E-state index >= 15 is 0 Å². The van der Waals surface area contributed by atoms with E-state index in [2.05, 4.69) is 4.84 Å². The van der Waals surface area contributed by atoms with Crippen molar-refractivity contribution in [3.63, 3.8) is 0 Å². The van der Waals surface area contributed by atoms with Gasteiger partial charge in [0.15, 0.2) is 0 Å². The largest absolute Gasteiger partial charge is 0.304 e. The molecule has 0 spiro atoms. The number of hydrogen-bond acceptors (Lipinski definition) is 2. The van der Waals surface area contributed by atoms with Gasteiger partial charge in [0.2, 0.25) is 0 Å². The van der Waals surface area contributed by atoms with Crippen LogP contribution in [0.15, 0.2) is 0 Å². The van der Waals surface area contributed by atoms with Gasteiger partial charge in [-0.25, -0.2) is 5.90 Å². The zero-order chi connectivity index (χ0) is 6.97. The van der Waals surface area contributed by atoms with Gasteiger partial charge < -0.3 is 4.84 Å². The van der Waals surface area contributed by atoms with Crippen LogP contribution >= 0.6 is 0 Å². The molecule has 0 aromatic carbocycles. The summed E-state index contributed by atoms with van der Waals surface area (Å²) in [6, 6.07) is 0. The van der Waals surface area contributed by atoms with Crippen LogP contribution in [0, 0.1) is 17.8 Å². The minimum Gasteiger partial charge on any atom is -0.304 e.